The number of hydrogen-bond donors (Lipinski definition) is 1. The molecule has 0 aliphatic rings. The molecule has 2 aromatic carbocycles. The van der Waals surface area contributed by atoms with E-state index in [-0.39, 0.29) is 5.91 Å². The Hall–Kier alpha value is -2.27. The summed E-state index contributed by atoms with van der Waals surface area (Å²) in [6.07, 6.45) is 1.59. The van der Waals surface area contributed by atoms with Crippen LogP contribution in [0.2, 0.25) is 15.1 Å². The maximum absolute atomic E-state index is 12.2. The molecule has 4 nitrogen and oxygen atoms in total. The predicted molar refractivity (Wildman–Crippen MR) is 112 cm³/mol. The molecule has 1 aromatic heterocycles. The molecule has 1 amide bonds. The Bertz CT molecular complexity index is 1040. The van der Waals surface area contributed by atoms with Gasteiger partial charge in [-0.3, -0.25) is 4.79 Å². The summed E-state index contributed by atoms with van der Waals surface area (Å²) in [6, 6.07) is 14.1. The van der Waals surface area contributed by atoms with Crippen molar-refractivity contribution in [1.29, 1.82) is 0 Å². The Labute approximate surface area is 172 Å². The largest absolute Gasteiger partial charge is 0.316 e. The first kappa shape index (κ1) is 19.5. The lowest BCUT2D eigenvalue weighted by Gasteiger charge is -2.12. The molecule has 27 heavy (non-hydrogen) atoms. The van der Waals surface area contributed by atoms with Crippen LogP contribution < -0.4 is 5.43 Å². The number of aromatic nitrogens is 1. The van der Waals surface area contributed by atoms with Gasteiger partial charge in [-0.1, -0.05) is 46.9 Å². The summed E-state index contributed by atoms with van der Waals surface area (Å²) in [5.74, 6) is -0.372. The van der Waals surface area contributed by atoms with Crippen molar-refractivity contribution in [3.8, 4) is 5.69 Å². The van der Waals surface area contributed by atoms with Crippen molar-refractivity contribution in [3.63, 3.8) is 0 Å². The fraction of sp³-hybridized carbons (Fsp3) is 0.100. The van der Waals surface area contributed by atoms with E-state index >= 15 is 0 Å². The first-order valence-corrected chi connectivity index (χ1v) is 9.24. The predicted octanol–water partition coefficient (Wildman–Crippen LogP) is 5.82. The quantitative estimate of drug-likeness (QED) is 0.419. The average Bonchev–Trinajstić information content (AvgIpc) is 2.91. The number of nitrogens with one attached hydrogen (secondary N) is 1. The van der Waals surface area contributed by atoms with Crippen LogP contribution in [0.1, 0.15) is 27.3 Å². The number of nitrogens with zero attached hydrogens (tertiary/aromatic N) is 2. The molecule has 0 aliphatic carbocycles. The van der Waals surface area contributed by atoms with E-state index in [1.165, 1.54) is 0 Å². The van der Waals surface area contributed by atoms with E-state index in [2.05, 4.69) is 10.5 Å². The Balaban J connectivity index is 1.85. The monoisotopic (exact) mass is 419 g/mol. The van der Waals surface area contributed by atoms with E-state index in [9.17, 15) is 4.79 Å². The van der Waals surface area contributed by atoms with Crippen LogP contribution >= 0.6 is 34.8 Å². The zero-order valence-electron chi connectivity index (χ0n) is 14.6. The van der Waals surface area contributed by atoms with Gasteiger partial charge in [0.05, 0.1) is 27.5 Å². The highest BCUT2D eigenvalue weighted by Gasteiger charge is 2.13. The Morgan fingerprint density at radius 1 is 1.04 bits per heavy atom. The molecular weight excluding hydrogens is 405 g/mol. The Kier molecular flexibility index (Phi) is 5.90. The van der Waals surface area contributed by atoms with E-state index in [1.54, 1.807) is 42.6 Å². The van der Waals surface area contributed by atoms with Crippen molar-refractivity contribution in [2.24, 2.45) is 5.10 Å². The van der Waals surface area contributed by atoms with Gasteiger partial charge in [-0.15, -0.1) is 0 Å². The zero-order chi connectivity index (χ0) is 19.6. The Morgan fingerprint density at radius 2 is 1.78 bits per heavy atom. The van der Waals surface area contributed by atoms with Crippen LogP contribution in [0, 0.1) is 13.8 Å². The van der Waals surface area contributed by atoms with Gasteiger partial charge in [0.25, 0.3) is 5.91 Å². The van der Waals surface area contributed by atoms with Crippen LogP contribution in [0.4, 0.5) is 0 Å². The standard InChI is InChI=1S/C20H16Cl3N3O/c1-12-9-14(11-24-25-20(27)16-5-3-4-6-17(16)22)13(2)26(12)19-10-15(21)7-8-18(19)23/h3-11H,1-2H3,(H,25,27)/b24-11-. The molecular formula is C20H16Cl3N3O. The maximum Gasteiger partial charge on any atom is 0.272 e. The van der Waals surface area contributed by atoms with Crippen molar-refractivity contribution in [2.75, 3.05) is 0 Å². The molecule has 0 saturated carbocycles. The van der Waals surface area contributed by atoms with Gasteiger partial charge in [-0.25, -0.2) is 5.43 Å². The lowest BCUT2D eigenvalue weighted by atomic mass is 10.2. The van der Waals surface area contributed by atoms with Crippen LogP contribution in [-0.4, -0.2) is 16.7 Å². The second kappa shape index (κ2) is 8.17. The first-order chi connectivity index (χ1) is 12.9. The molecule has 0 radical (unpaired) electrons. The van der Waals surface area contributed by atoms with E-state index in [1.807, 2.05) is 30.5 Å². The molecule has 0 saturated heterocycles. The summed E-state index contributed by atoms with van der Waals surface area (Å²) in [6.45, 7) is 3.91. The highest BCUT2D eigenvalue weighted by molar-refractivity contribution is 6.34. The van der Waals surface area contributed by atoms with Gasteiger partial charge in [0.15, 0.2) is 0 Å². The highest BCUT2D eigenvalue weighted by atomic mass is 35.5. The summed E-state index contributed by atoms with van der Waals surface area (Å²) >= 11 is 18.5. The van der Waals surface area contributed by atoms with Crippen LogP contribution in [0.15, 0.2) is 53.6 Å². The van der Waals surface area contributed by atoms with Crippen molar-refractivity contribution in [1.82, 2.24) is 9.99 Å². The van der Waals surface area contributed by atoms with E-state index in [0.717, 1.165) is 22.6 Å². The highest BCUT2D eigenvalue weighted by Crippen LogP contribution is 2.28. The normalized spacial score (nSPS) is 11.1. The minimum Gasteiger partial charge on any atom is -0.316 e. The molecule has 0 aliphatic heterocycles. The van der Waals surface area contributed by atoms with Gasteiger partial charge >= 0.3 is 0 Å². The third kappa shape index (κ3) is 4.19. The lowest BCUT2D eigenvalue weighted by Crippen LogP contribution is -2.18. The molecule has 3 rings (SSSR count). The zero-order valence-corrected chi connectivity index (χ0v) is 16.9. The molecule has 3 aromatic rings. The second-order valence-corrected chi connectivity index (χ2v) is 7.19. The molecule has 1 heterocycles. The van der Waals surface area contributed by atoms with Crippen LogP contribution in [0.25, 0.3) is 5.69 Å². The molecule has 0 fully saturated rings. The average molecular weight is 421 g/mol. The molecule has 138 valence electrons. The third-order valence-corrected chi connectivity index (χ3v) is 4.99. The topological polar surface area (TPSA) is 46.4 Å². The summed E-state index contributed by atoms with van der Waals surface area (Å²) < 4.78 is 1.99. The SMILES string of the molecule is Cc1cc(/C=N\NC(=O)c2ccccc2Cl)c(C)n1-c1cc(Cl)ccc1Cl. The van der Waals surface area contributed by atoms with Gasteiger partial charge in [-0.2, -0.15) is 5.10 Å². The van der Waals surface area contributed by atoms with Crippen molar-refractivity contribution in [3.05, 3.63) is 86.1 Å². The number of halogens is 3. The van der Waals surface area contributed by atoms with Gasteiger partial charge in [-0.05, 0) is 50.2 Å². The smallest absolute Gasteiger partial charge is 0.272 e. The number of benzene rings is 2. The molecule has 7 heteroatoms. The van der Waals surface area contributed by atoms with Crippen molar-refractivity contribution in [2.45, 2.75) is 13.8 Å². The summed E-state index contributed by atoms with van der Waals surface area (Å²) in [5.41, 5.74) is 6.39. The molecule has 0 spiro atoms. The fourth-order valence-electron chi connectivity index (χ4n) is 2.81. The van der Waals surface area contributed by atoms with Crippen molar-refractivity contribution >= 4 is 46.9 Å². The van der Waals surface area contributed by atoms with Gasteiger partial charge < -0.3 is 4.57 Å². The first-order valence-electron chi connectivity index (χ1n) is 8.11. The second-order valence-electron chi connectivity index (χ2n) is 5.94. The molecule has 1 N–H and O–H groups in total. The third-order valence-electron chi connectivity index (χ3n) is 4.11. The number of aryl methyl sites for hydroxylation is 1. The minimum absolute atomic E-state index is 0.368. The molecule has 0 unspecified atom stereocenters. The number of hydrazone groups is 1. The molecule has 0 atom stereocenters. The summed E-state index contributed by atoms with van der Waals surface area (Å²) in [7, 11) is 0. The number of carbonyl (C=O) groups excluding carboxylic acids is 1. The summed E-state index contributed by atoms with van der Waals surface area (Å²) in [4.78, 5) is 12.2. The number of hydrogen-bond acceptors (Lipinski definition) is 2. The van der Waals surface area contributed by atoms with Crippen LogP contribution in [0.3, 0.4) is 0 Å². The summed E-state index contributed by atoms with van der Waals surface area (Å²) in [5, 5.41) is 5.62. The fourth-order valence-corrected chi connectivity index (χ4v) is 3.40. The minimum atomic E-state index is -0.372. The van der Waals surface area contributed by atoms with E-state index < -0.39 is 0 Å². The lowest BCUT2D eigenvalue weighted by molar-refractivity contribution is 0.0955. The van der Waals surface area contributed by atoms with E-state index in [4.69, 9.17) is 34.8 Å². The van der Waals surface area contributed by atoms with Gasteiger partial charge in [0.2, 0.25) is 0 Å². The van der Waals surface area contributed by atoms with E-state index in [0.29, 0.717) is 20.6 Å². The van der Waals surface area contributed by atoms with Crippen molar-refractivity contribution < 1.29 is 4.79 Å². The number of carbonyl (C=O) groups is 1. The van der Waals surface area contributed by atoms with Gasteiger partial charge in [0, 0.05) is 22.0 Å². The molecule has 0 bridgehead atoms. The Morgan fingerprint density at radius 3 is 2.52 bits per heavy atom. The van der Waals surface area contributed by atoms with Gasteiger partial charge in [0.1, 0.15) is 0 Å². The number of rotatable bonds is 4. The van der Waals surface area contributed by atoms with Crippen LogP contribution in [0.5, 0.6) is 0 Å². The number of amides is 1. The van der Waals surface area contributed by atoms with Crippen LogP contribution in [-0.2, 0) is 0 Å². The maximum atomic E-state index is 12.2.